The molecule has 2 heterocycles. The predicted molar refractivity (Wildman–Crippen MR) is 61.5 cm³/mol. The molecule has 0 amide bonds. The molecule has 1 atom stereocenters. The van der Waals surface area contributed by atoms with E-state index in [1.54, 1.807) is 6.07 Å². The van der Waals surface area contributed by atoms with Crippen molar-refractivity contribution in [1.29, 1.82) is 0 Å². The van der Waals surface area contributed by atoms with E-state index >= 15 is 0 Å². The Morgan fingerprint density at radius 2 is 2.29 bits per heavy atom. The highest BCUT2D eigenvalue weighted by Gasteiger charge is 2.31. The topological polar surface area (TPSA) is 47.9 Å². The predicted octanol–water partition coefficient (Wildman–Crippen LogP) is 2.53. The first-order chi connectivity index (χ1) is 8.31. The van der Waals surface area contributed by atoms with Crippen molar-refractivity contribution in [2.45, 2.75) is 32.3 Å². The van der Waals surface area contributed by atoms with Crippen LogP contribution in [0.25, 0.3) is 0 Å². The molecule has 0 aromatic heterocycles. The summed E-state index contributed by atoms with van der Waals surface area (Å²) in [6.07, 6.45) is 2.73. The molecule has 1 N–H and O–H groups in total. The second-order valence-corrected chi connectivity index (χ2v) is 4.42. The third-order valence-electron chi connectivity index (χ3n) is 3.33. The molecule has 0 bridgehead atoms. The van der Waals surface area contributed by atoms with Crippen LogP contribution in [0.15, 0.2) is 6.07 Å². The number of ether oxygens (including phenoxy) is 3. The van der Waals surface area contributed by atoms with E-state index in [9.17, 15) is 5.11 Å². The first kappa shape index (κ1) is 10.7. The molecule has 0 spiro atoms. The number of phenols is 1. The highest BCUT2D eigenvalue weighted by molar-refractivity contribution is 5.59. The highest BCUT2D eigenvalue weighted by Crippen LogP contribution is 2.48. The quantitative estimate of drug-likeness (QED) is 0.857. The summed E-state index contributed by atoms with van der Waals surface area (Å²) in [4.78, 5) is 0. The Morgan fingerprint density at radius 1 is 1.41 bits per heavy atom. The van der Waals surface area contributed by atoms with Gasteiger partial charge in [-0.25, -0.2) is 0 Å². The minimum atomic E-state index is 0.0197. The molecular formula is C13H16O4. The first-order valence-electron chi connectivity index (χ1n) is 6.07. The third kappa shape index (κ3) is 1.63. The van der Waals surface area contributed by atoms with Crippen LogP contribution in [0.5, 0.6) is 17.2 Å². The van der Waals surface area contributed by atoms with Crippen molar-refractivity contribution in [2.75, 3.05) is 13.4 Å². The molecule has 0 unspecified atom stereocenters. The Bertz CT molecular complexity index is 438. The smallest absolute Gasteiger partial charge is 0.231 e. The maximum absolute atomic E-state index is 10.0. The molecule has 0 saturated heterocycles. The summed E-state index contributed by atoms with van der Waals surface area (Å²) >= 11 is 0. The molecule has 2 aliphatic heterocycles. The molecular weight excluding hydrogens is 220 g/mol. The van der Waals surface area contributed by atoms with E-state index in [1.165, 1.54) is 0 Å². The molecule has 0 fully saturated rings. The van der Waals surface area contributed by atoms with Gasteiger partial charge in [0.05, 0.1) is 12.7 Å². The molecule has 17 heavy (non-hydrogen) atoms. The lowest BCUT2D eigenvalue weighted by Gasteiger charge is -2.27. The number of aromatic hydroxyl groups is 1. The van der Waals surface area contributed by atoms with Crippen LogP contribution in [0, 0.1) is 0 Å². The van der Waals surface area contributed by atoms with Crippen LogP contribution in [-0.2, 0) is 11.2 Å². The lowest BCUT2D eigenvalue weighted by atomic mass is 9.93. The van der Waals surface area contributed by atoms with E-state index in [0.29, 0.717) is 18.1 Å². The molecule has 1 aromatic rings. The molecule has 2 aliphatic rings. The Kier molecular flexibility index (Phi) is 2.59. The number of hydrogen-bond donors (Lipinski definition) is 1. The molecule has 4 nitrogen and oxygen atoms in total. The average Bonchev–Trinajstić information content (AvgIpc) is 2.78. The Hall–Kier alpha value is -1.42. The van der Waals surface area contributed by atoms with Crippen molar-refractivity contribution in [2.24, 2.45) is 0 Å². The van der Waals surface area contributed by atoms with Crippen LogP contribution in [0.3, 0.4) is 0 Å². The summed E-state index contributed by atoms with van der Waals surface area (Å²) < 4.78 is 16.6. The zero-order valence-corrected chi connectivity index (χ0v) is 9.86. The van der Waals surface area contributed by atoms with Gasteiger partial charge in [0.25, 0.3) is 0 Å². The summed E-state index contributed by atoms with van der Waals surface area (Å²) in [6, 6.07) is 1.65. The van der Waals surface area contributed by atoms with Gasteiger partial charge in [0, 0.05) is 17.2 Å². The fraction of sp³-hybridized carbons (Fsp3) is 0.538. The van der Waals surface area contributed by atoms with E-state index < -0.39 is 0 Å². The van der Waals surface area contributed by atoms with Crippen LogP contribution < -0.4 is 9.47 Å². The van der Waals surface area contributed by atoms with Gasteiger partial charge in [-0.15, -0.1) is 0 Å². The summed E-state index contributed by atoms with van der Waals surface area (Å²) in [5.41, 5.74) is 1.95. The van der Waals surface area contributed by atoms with E-state index in [1.807, 2.05) is 0 Å². The second kappa shape index (κ2) is 4.11. The van der Waals surface area contributed by atoms with Gasteiger partial charge in [0.2, 0.25) is 6.79 Å². The van der Waals surface area contributed by atoms with Crippen molar-refractivity contribution < 1.29 is 19.3 Å². The number of fused-ring (bicyclic) bond motifs is 3. The molecule has 1 aromatic carbocycles. The Balaban J connectivity index is 2.13. The second-order valence-electron chi connectivity index (χ2n) is 4.42. The summed E-state index contributed by atoms with van der Waals surface area (Å²) in [6.45, 7) is 3.01. The molecule has 0 radical (unpaired) electrons. The van der Waals surface area contributed by atoms with E-state index in [-0.39, 0.29) is 12.9 Å². The fourth-order valence-corrected chi connectivity index (χ4v) is 2.57. The van der Waals surface area contributed by atoms with Gasteiger partial charge in [-0.1, -0.05) is 13.3 Å². The zero-order chi connectivity index (χ0) is 11.8. The SMILES string of the molecule is CCC[C@H]1OCCc2c(O)cc3c(c21)OCO3. The van der Waals surface area contributed by atoms with Crippen molar-refractivity contribution >= 4 is 0 Å². The van der Waals surface area contributed by atoms with Crippen molar-refractivity contribution in [3.05, 3.63) is 17.2 Å². The van der Waals surface area contributed by atoms with Gasteiger partial charge < -0.3 is 19.3 Å². The average molecular weight is 236 g/mol. The third-order valence-corrected chi connectivity index (χ3v) is 3.33. The highest BCUT2D eigenvalue weighted by atomic mass is 16.7. The van der Waals surface area contributed by atoms with Crippen LogP contribution in [-0.4, -0.2) is 18.5 Å². The van der Waals surface area contributed by atoms with Crippen LogP contribution >= 0.6 is 0 Å². The van der Waals surface area contributed by atoms with Crippen LogP contribution in [0.2, 0.25) is 0 Å². The zero-order valence-electron chi connectivity index (χ0n) is 9.86. The lowest BCUT2D eigenvalue weighted by molar-refractivity contribution is 0.0332. The van der Waals surface area contributed by atoms with Crippen LogP contribution in [0.1, 0.15) is 37.0 Å². The number of phenolic OH excluding ortho intramolecular Hbond substituents is 1. The number of benzene rings is 1. The largest absolute Gasteiger partial charge is 0.508 e. The molecule has 3 rings (SSSR count). The Morgan fingerprint density at radius 3 is 3.12 bits per heavy atom. The first-order valence-corrected chi connectivity index (χ1v) is 6.07. The lowest BCUT2D eigenvalue weighted by Crippen LogP contribution is -2.17. The molecule has 4 heteroatoms. The molecule has 92 valence electrons. The molecule has 0 saturated carbocycles. The van der Waals surface area contributed by atoms with Gasteiger partial charge >= 0.3 is 0 Å². The van der Waals surface area contributed by atoms with Crippen molar-refractivity contribution in [1.82, 2.24) is 0 Å². The van der Waals surface area contributed by atoms with Crippen molar-refractivity contribution in [3.63, 3.8) is 0 Å². The van der Waals surface area contributed by atoms with Gasteiger partial charge in [-0.2, -0.15) is 0 Å². The van der Waals surface area contributed by atoms with Crippen molar-refractivity contribution in [3.8, 4) is 17.2 Å². The minimum Gasteiger partial charge on any atom is -0.508 e. The summed E-state index contributed by atoms with van der Waals surface area (Å²) in [5.74, 6) is 1.69. The van der Waals surface area contributed by atoms with Gasteiger partial charge in [-0.3, -0.25) is 0 Å². The maximum atomic E-state index is 10.0. The number of rotatable bonds is 2. The van der Waals surface area contributed by atoms with E-state index in [2.05, 4.69) is 6.92 Å². The normalized spacial score (nSPS) is 21.4. The van der Waals surface area contributed by atoms with E-state index in [4.69, 9.17) is 14.2 Å². The van der Waals surface area contributed by atoms with Crippen LogP contribution in [0.4, 0.5) is 0 Å². The number of hydrogen-bond acceptors (Lipinski definition) is 4. The Labute approximate surface area is 100 Å². The summed E-state index contributed by atoms with van der Waals surface area (Å²) in [5, 5.41) is 10.0. The van der Waals surface area contributed by atoms with Gasteiger partial charge in [-0.05, 0) is 12.8 Å². The van der Waals surface area contributed by atoms with Gasteiger partial charge in [0.15, 0.2) is 11.5 Å². The summed E-state index contributed by atoms with van der Waals surface area (Å²) in [7, 11) is 0. The maximum Gasteiger partial charge on any atom is 0.231 e. The van der Waals surface area contributed by atoms with E-state index in [0.717, 1.165) is 36.1 Å². The minimum absolute atomic E-state index is 0.0197. The fourth-order valence-electron chi connectivity index (χ4n) is 2.57. The van der Waals surface area contributed by atoms with Gasteiger partial charge in [0.1, 0.15) is 5.75 Å². The monoisotopic (exact) mass is 236 g/mol. The molecule has 0 aliphatic carbocycles. The standard InChI is InChI=1S/C13H16O4/c1-2-3-10-12-8(4-5-15-10)9(14)6-11-13(12)17-7-16-11/h6,10,14H,2-5,7H2,1H3/t10-/m1/s1.